The minimum Gasteiger partial charge on any atom is -0.478 e. The van der Waals surface area contributed by atoms with Gasteiger partial charge >= 0.3 is 12.1 Å². The third-order valence-electron chi connectivity index (χ3n) is 4.15. The van der Waals surface area contributed by atoms with E-state index >= 15 is 0 Å². The van der Waals surface area contributed by atoms with Gasteiger partial charge in [-0.05, 0) is 31.5 Å². The van der Waals surface area contributed by atoms with Crippen LogP contribution in [-0.2, 0) is 6.54 Å². The lowest BCUT2D eigenvalue weighted by atomic mass is 10.1. The molecule has 1 N–H and O–H groups in total. The molecule has 0 saturated carbocycles. The minimum atomic E-state index is -4.18. The van der Waals surface area contributed by atoms with Crippen molar-refractivity contribution in [3.8, 4) is 0 Å². The van der Waals surface area contributed by atoms with E-state index in [0.29, 0.717) is 19.6 Å². The lowest BCUT2D eigenvalue weighted by Crippen LogP contribution is -2.58. The third-order valence-corrected chi connectivity index (χ3v) is 4.15. The lowest BCUT2D eigenvalue weighted by Gasteiger charge is -2.44. The average molecular weight is 330 g/mol. The summed E-state index contributed by atoms with van der Waals surface area (Å²) in [6.45, 7) is 4.46. The maximum atomic E-state index is 12.6. The molecule has 2 atom stereocenters. The van der Waals surface area contributed by atoms with Crippen LogP contribution in [0.5, 0.6) is 0 Å². The van der Waals surface area contributed by atoms with E-state index in [0.717, 1.165) is 5.56 Å². The molecule has 1 aromatic carbocycles. The third kappa shape index (κ3) is 4.94. The second kappa shape index (κ2) is 6.88. The Labute approximate surface area is 133 Å². The number of halogens is 3. The van der Waals surface area contributed by atoms with Crippen LogP contribution < -0.4 is 0 Å². The highest BCUT2D eigenvalue weighted by Crippen LogP contribution is 2.24. The number of alkyl halides is 3. The molecule has 1 heterocycles. The molecular weight excluding hydrogens is 309 g/mol. The number of rotatable bonds is 4. The molecule has 0 amide bonds. The van der Waals surface area contributed by atoms with Gasteiger partial charge in [-0.2, -0.15) is 13.2 Å². The van der Waals surface area contributed by atoms with Gasteiger partial charge in [-0.3, -0.25) is 9.80 Å². The van der Waals surface area contributed by atoms with E-state index < -0.39 is 18.7 Å². The van der Waals surface area contributed by atoms with Gasteiger partial charge in [0.1, 0.15) is 0 Å². The molecular formula is C16H21F3N2O2. The van der Waals surface area contributed by atoms with Crippen LogP contribution in [0.1, 0.15) is 29.8 Å². The Morgan fingerprint density at radius 1 is 1.17 bits per heavy atom. The van der Waals surface area contributed by atoms with E-state index in [2.05, 4.69) is 4.90 Å². The molecule has 0 unspecified atom stereocenters. The van der Waals surface area contributed by atoms with Gasteiger partial charge in [0.05, 0.1) is 12.1 Å². The van der Waals surface area contributed by atoms with E-state index in [1.807, 2.05) is 13.8 Å². The smallest absolute Gasteiger partial charge is 0.401 e. The molecule has 7 heteroatoms. The summed E-state index contributed by atoms with van der Waals surface area (Å²) < 4.78 is 37.9. The zero-order chi connectivity index (χ0) is 17.2. The zero-order valence-corrected chi connectivity index (χ0v) is 13.2. The van der Waals surface area contributed by atoms with E-state index in [9.17, 15) is 18.0 Å². The molecule has 0 aliphatic carbocycles. The van der Waals surface area contributed by atoms with Crippen molar-refractivity contribution in [2.24, 2.45) is 0 Å². The van der Waals surface area contributed by atoms with E-state index in [4.69, 9.17) is 5.11 Å². The Hall–Kier alpha value is -1.60. The Balaban J connectivity index is 1.97. The zero-order valence-electron chi connectivity index (χ0n) is 13.2. The fourth-order valence-corrected chi connectivity index (χ4v) is 3.12. The molecule has 0 radical (unpaired) electrons. The number of carbonyl (C=O) groups is 1. The molecule has 1 aliphatic rings. The average Bonchev–Trinajstić information content (AvgIpc) is 2.42. The molecule has 1 aliphatic heterocycles. The Morgan fingerprint density at radius 2 is 1.70 bits per heavy atom. The summed E-state index contributed by atoms with van der Waals surface area (Å²) >= 11 is 0. The first kappa shape index (κ1) is 17.7. The maximum Gasteiger partial charge on any atom is 0.401 e. The van der Waals surface area contributed by atoms with Crippen LogP contribution in [0.15, 0.2) is 24.3 Å². The number of benzene rings is 1. The predicted octanol–water partition coefficient (Wildman–Crippen LogP) is 2.84. The van der Waals surface area contributed by atoms with Gasteiger partial charge in [0.15, 0.2) is 0 Å². The number of carboxylic acid groups (broad SMARTS) is 1. The quantitative estimate of drug-likeness (QED) is 0.922. The second-order valence-electron chi connectivity index (χ2n) is 6.18. The molecule has 0 spiro atoms. The number of aromatic carboxylic acids is 1. The topological polar surface area (TPSA) is 43.8 Å². The maximum absolute atomic E-state index is 12.6. The summed E-state index contributed by atoms with van der Waals surface area (Å²) in [5.41, 5.74) is 1.18. The molecule has 1 saturated heterocycles. The first-order valence-electron chi connectivity index (χ1n) is 7.53. The van der Waals surface area contributed by atoms with Crippen molar-refractivity contribution in [3.05, 3.63) is 35.4 Å². The normalized spacial score (nSPS) is 23.9. The molecule has 23 heavy (non-hydrogen) atoms. The summed E-state index contributed by atoms with van der Waals surface area (Å²) in [5.74, 6) is -0.973. The molecule has 0 bridgehead atoms. The van der Waals surface area contributed by atoms with Gasteiger partial charge in [-0.15, -0.1) is 0 Å². The van der Waals surface area contributed by atoms with Gasteiger partial charge < -0.3 is 5.11 Å². The molecule has 2 rings (SSSR count). The lowest BCUT2D eigenvalue weighted by molar-refractivity contribution is -0.162. The van der Waals surface area contributed by atoms with Gasteiger partial charge in [0.2, 0.25) is 0 Å². The summed E-state index contributed by atoms with van der Waals surface area (Å²) in [7, 11) is 0. The van der Waals surface area contributed by atoms with Crippen LogP contribution >= 0.6 is 0 Å². The molecule has 0 aromatic heterocycles. The van der Waals surface area contributed by atoms with Crippen LogP contribution in [-0.4, -0.2) is 58.8 Å². The fraction of sp³-hybridized carbons (Fsp3) is 0.562. The number of hydrogen-bond acceptors (Lipinski definition) is 3. The van der Waals surface area contributed by atoms with Crippen molar-refractivity contribution in [1.82, 2.24) is 9.80 Å². The number of carboxylic acids is 1. The number of hydrogen-bond donors (Lipinski definition) is 1. The Bertz CT molecular complexity index is 533. The van der Waals surface area contributed by atoms with Crippen molar-refractivity contribution in [3.63, 3.8) is 0 Å². The highest BCUT2D eigenvalue weighted by Gasteiger charge is 2.38. The molecule has 4 nitrogen and oxygen atoms in total. The summed E-state index contributed by atoms with van der Waals surface area (Å²) in [5, 5.41) is 8.88. The Morgan fingerprint density at radius 3 is 2.13 bits per heavy atom. The monoisotopic (exact) mass is 330 g/mol. The van der Waals surface area contributed by atoms with Gasteiger partial charge in [-0.25, -0.2) is 4.79 Å². The summed E-state index contributed by atoms with van der Waals surface area (Å²) in [6, 6.07) is 6.23. The summed E-state index contributed by atoms with van der Waals surface area (Å²) in [4.78, 5) is 14.4. The molecule has 128 valence electrons. The standard InChI is InChI=1S/C16H21F3N2O2/c1-11-7-20(8-12(2)21(11)10-16(17,18)19)9-13-3-5-14(6-4-13)15(22)23/h3-6,11-12H,7-10H2,1-2H3,(H,22,23)/t11-,12+. The SMILES string of the molecule is C[C@@H]1CN(Cc2ccc(C(=O)O)cc2)C[C@H](C)N1CC(F)(F)F. The molecule has 1 aromatic rings. The highest BCUT2D eigenvalue weighted by atomic mass is 19.4. The van der Waals surface area contributed by atoms with Crippen molar-refractivity contribution in [2.75, 3.05) is 19.6 Å². The summed E-state index contributed by atoms with van der Waals surface area (Å²) in [6.07, 6.45) is -4.18. The van der Waals surface area contributed by atoms with Crippen molar-refractivity contribution in [1.29, 1.82) is 0 Å². The highest BCUT2D eigenvalue weighted by molar-refractivity contribution is 5.87. The van der Waals surface area contributed by atoms with Crippen molar-refractivity contribution in [2.45, 2.75) is 38.7 Å². The van der Waals surface area contributed by atoms with Gasteiger partial charge in [0.25, 0.3) is 0 Å². The molecule has 1 fully saturated rings. The predicted molar refractivity (Wildman–Crippen MR) is 80.4 cm³/mol. The van der Waals surface area contributed by atoms with Crippen molar-refractivity contribution >= 4 is 5.97 Å². The van der Waals surface area contributed by atoms with Crippen LogP contribution in [0.3, 0.4) is 0 Å². The van der Waals surface area contributed by atoms with Crippen LogP contribution in [0, 0.1) is 0 Å². The number of nitrogens with zero attached hydrogens (tertiary/aromatic N) is 2. The van der Waals surface area contributed by atoms with E-state index in [1.165, 1.54) is 4.90 Å². The van der Waals surface area contributed by atoms with E-state index in [-0.39, 0.29) is 17.6 Å². The van der Waals surface area contributed by atoms with Gasteiger partial charge in [-0.1, -0.05) is 12.1 Å². The Kier molecular flexibility index (Phi) is 5.31. The number of piperazine rings is 1. The van der Waals surface area contributed by atoms with Gasteiger partial charge in [0, 0.05) is 31.7 Å². The van der Waals surface area contributed by atoms with E-state index in [1.54, 1.807) is 24.3 Å². The minimum absolute atomic E-state index is 0.182. The first-order valence-corrected chi connectivity index (χ1v) is 7.53. The van der Waals surface area contributed by atoms with Crippen LogP contribution in [0.25, 0.3) is 0 Å². The van der Waals surface area contributed by atoms with Crippen LogP contribution in [0.2, 0.25) is 0 Å². The fourth-order valence-electron chi connectivity index (χ4n) is 3.12. The largest absolute Gasteiger partial charge is 0.478 e. The van der Waals surface area contributed by atoms with Crippen LogP contribution in [0.4, 0.5) is 13.2 Å². The van der Waals surface area contributed by atoms with Crippen molar-refractivity contribution < 1.29 is 23.1 Å². The first-order chi connectivity index (χ1) is 10.7. The second-order valence-corrected chi connectivity index (χ2v) is 6.18.